The van der Waals surface area contributed by atoms with Crippen molar-refractivity contribution in [3.63, 3.8) is 0 Å². The van der Waals surface area contributed by atoms with Crippen LogP contribution in [0.15, 0.2) is 0 Å². The predicted molar refractivity (Wildman–Crippen MR) is 69.1 cm³/mol. The highest BCUT2D eigenvalue weighted by molar-refractivity contribution is 5.86. The first-order valence-corrected chi connectivity index (χ1v) is 7.19. The zero-order chi connectivity index (χ0) is 14.0. The van der Waals surface area contributed by atoms with Crippen LogP contribution in [0, 0.1) is 17.8 Å². The quantitative estimate of drug-likeness (QED) is 0.734. The van der Waals surface area contributed by atoms with Crippen molar-refractivity contribution in [2.24, 2.45) is 23.5 Å². The summed E-state index contributed by atoms with van der Waals surface area (Å²) in [5.74, 6) is -0.619. The third-order valence-electron chi connectivity index (χ3n) is 4.19. The lowest BCUT2D eigenvalue weighted by Crippen LogP contribution is -2.50. The van der Waals surface area contributed by atoms with E-state index < -0.39 is 5.54 Å². The van der Waals surface area contributed by atoms with E-state index in [0.29, 0.717) is 19.6 Å². The number of nitrogens with two attached hydrogens (primary N) is 1. The van der Waals surface area contributed by atoms with Crippen molar-refractivity contribution in [3.05, 3.63) is 0 Å². The summed E-state index contributed by atoms with van der Waals surface area (Å²) in [6.45, 7) is 4.72. The van der Waals surface area contributed by atoms with E-state index in [0.717, 1.165) is 19.3 Å². The largest absolute Gasteiger partial charge is 0.465 e. The zero-order valence-electron chi connectivity index (χ0n) is 11.7. The van der Waals surface area contributed by atoms with Gasteiger partial charge in [0.25, 0.3) is 0 Å². The summed E-state index contributed by atoms with van der Waals surface area (Å²) in [4.78, 5) is 23.9. The molecule has 2 aliphatic rings. The summed E-state index contributed by atoms with van der Waals surface area (Å²) >= 11 is 0. The molecular formula is C14H23NO4. The lowest BCUT2D eigenvalue weighted by molar-refractivity contribution is -0.152. The van der Waals surface area contributed by atoms with E-state index in [1.807, 2.05) is 13.8 Å². The van der Waals surface area contributed by atoms with Gasteiger partial charge in [-0.05, 0) is 31.6 Å². The molecule has 2 fully saturated rings. The maximum Gasteiger partial charge on any atom is 0.326 e. The number of carbonyl (C=O) groups is 2. The summed E-state index contributed by atoms with van der Waals surface area (Å²) < 4.78 is 10.3. The molecule has 5 nitrogen and oxygen atoms in total. The second-order valence-corrected chi connectivity index (χ2v) is 5.60. The first-order valence-electron chi connectivity index (χ1n) is 7.19. The number of carbonyl (C=O) groups excluding carboxylic acids is 2. The molecule has 108 valence electrons. The van der Waals surface area contributed by atoms with Gasteiger partial charge in [-0.1, -0.05) is 13.8 Å². The van der Waals surface area contributed by atoms with Crippen LogP contribution in [0.2, 0.25) is 0 Å². The highest BCUT2D eigenvalue weighted by atomic mass is 16.5. The Hall–Kier alpha value is -1.10. The number of hydrogen-bond donors (Lipinski definition) is 1. The fraction of sp³-hybridized carbons (Fsp3) is 0.857. The number of ether oxygens (including phenoxy) is 2. The molecule has 0 spiro atoms. The third kappa shape index (κ3) is 2.48. The van der Waals surface area contributed by atoms with E-state index in [1.165, 1.54) is 0 Å². The molecule has 0 aromatic rings. The first kappa shape index (κ1) is 14.3. The molecule has 4 unspecified atom stereocenters. The molecule has 0 heterocycles. The number of hydrogen-bond acceptors (Lipinski definition) is 5. The smallest absolute Gasteiger partial charge is 0.326 e. The molecule has 2 rings (SSSR count). The van der Waals surface area contributed by atoms with Gasteiger partial charge in [-0.2, -0.15) is 0 Å². The average molecular weight is 269 g/mol. The highest BCUT2D eigenvalue weighted by Gasteiger charge is 2.70. The van der Waals surface area contributed by atoms with Gasteiger partial charge in [0.15, 0.2) is 0 Å². The Bertz CT molecular complexity index is 370. The van der Waals surface area contributed by atoms with Gasteiger partial charge in [0.05, 0.1) is 19.1 Å². The Labute approximate surface area is 113 Å². The standard InChI is InChI=1S/C14H23NO4/c1-3-7-18-12(16)10-9-5-6-14(15,11(9)10)13(17)19-8-4-2/h9-11H,3-8,15H2,1-2H3. The lowest BCUT2D eigenvalue weighted by Gasteiger charge is -2.24. The van der Waals surface area contributed by atoms with Crippen LogP contribution in [0.3, 0.4) is 0 Å². The molecule has 0 aromatic heterocycles. The third-order valence-corrected chi connectivity index (χ3v) is 4.19. The molecule has 0 aromatic carbocycles. The van der Waals surface area contributed by atoms with Gasteiger partial charge in [0.1, 0.15) is 5.54 Å². The minimum atomic E-state index is -0.976. The number of rotatable bonds is 6. The first-order chi connectivity index (χ1) is 9.06. The van der Waals surface area contributed by atoms with E-state index in [4.69, 9.17) is 15.2 Å². The van der Waals surface area contributed by atoms with Crippen LogP contribution in [0.1, 0.15) is 39.5 Å². The van der Waals surface area contributed by atoms with Crippen LogP contribution < -0.4 is 5.73 Å². The highest BCUT2D eigenvalue weighted by Crippen LogP contribution is 2.62. The molecule has 0 radical (unpaired) electrons. The SMILES string of the molecule is CCCOC(=O)C1C2CCC(N)(C(=O)OCCC)C21. The van der Waals surface area contributed by atoms with Crippen molar-refractivity contribution in [2.75, 3.05) is 13.2 Å². The van der Waals surface area contributed by atoms with Crippen LogP contribution in [0.5, 0.6) is 0 Å². The van der Waals surface area contributed by atoms with Crippen molar-refractivity contribution < 1.29 is 19.1 Å². The van der Waals surface area contributed by atoms with Crippen molar-refractivity contribution in [3.8, 4) is 0 Å². The monoisotopic (exact) mass is 269 g/mol. The zero-order valence-corrected chi connectivity index (χ0v) is 11.7. The molecule has 0 aliphatic heterocycles. The molecule has 2 saturated carbocycles. The van der Waals surface area contributed by atoms with Crippen LogP contribution in [0.25, 0.3) is 0 Å². The minimum Gasteiger partial charge on any atom is -0.465 e. The summed E-state index contributed by atoms with van der Waals surface area (Å²) in [6, 6.07) is 0. The van der Waals surface area contributed by atoms with E-state index in [-0.39, 0.29) is 29.7 Å². The molecule has 0 amide bonds. The molecule has 2 aliphatic carbocycles. The van der Waals surface area contributed by atoms with Crippen LogP contribution in [-0.2, 0) is 19.1 Å². The van der Waals surface area contributed by atoms with Crippen molar-refractivity contribution in [1.29, 1.82) is 0 Å². The van der Waals surface area contributed by atoms with Gasteiger partial charge in [-0.15, -0.1) is 0 Å². The van der Waals surface area contributed by atoms with Gasteiger partial charge < -0.3 is 15.2 Å². The molecule has 19 heavy (non-hydrogen) atoms. The molecular weight excluding hydrogens is 246 g/mol. The molecule has 0 saturated heterocycles. The maximum atomic E-state index is 12.0. The second kappa shape index (κ2) is 5.49. The Morgan fingerprint density at radius 3 is 2.47 bits per heavy atom. The Morgan fingerprint density at radius 2 is 1.84 bits per heavy atom. The molecule has 0 bridgehead atoms. The topological polar surface area (TPSA) is 78.6 Å². The minimum absolute atomic E-state index is 0.0822. The van der Waals surface area contributed by atoms with Gasteiger partial charge in [-0.25, -0.2) is 0 Å². The number of fused-ring (bicyclic) bond motifs is 1. The van der Waals surface area contributed by atoms with Crippen LogP contribution in [-0.4, -0.2) is 30.7 Å². The Kier molecular flexibility index (Phi) is 4.13. The predicted octanol–water partition coefficient (Wildman–Crippen LogP) is 1.25. The summed E-state index contributed by atoms with van der Waals surface area (Å²) in [5, 5.41) is 0. The maximum absolute atomic E-state index is 12.0. The summed E-state index contributed by atoms with van der Waals surface area (Å²) in [5.41, 5.74) is 5.23. The summed E-state index contributed by atoms with van der Waals surface area (Å²) in [6.07, 6.45) is 3.01. The van der Waals surface area contributed by atoms with Gasteiger partial charge in [-0.3, -0.25) is 9.59 Å². The molecule has 5 heteroatoms. The fourth-order valence-electron chi connectivity index (χ4n) is 3.20. The van der Waals surface area contributed by atoms with Crippen molar-refractivity contribution >= 4 is 11.9 Å². The van der Waals surface area contributed by atoms with E-state index in [1.54, 1.807) is 0 Å². The van der Waals surface area contributed by atoms with Crippen LogP contribution in [0.4, 0.5) is 0 Å². The fourth-order valence-corrected chi connectivity index (χ4v) is 3.20. The van der Waals surface area contributed by atoms with Gasteiger partial charge in [0, 0.05) is 5.92 Å². The number of esters is 2. The summed E-state index contributed by atoms with van der Waals surface area (Å²) in [7, 11) is 0. The van der Waals surface area contributed by atoms with E-state index >= 15 is 0 Å². The van der Waals surface area contributed by atoms with E-state index in [9.17, 15) is 9.59 Å². The van der Waals surface area contributed by atoms with E-state index in [2.05, 4.69) is 0 Å². The average Bonchev–Trinajstić information content (AvgIpc) is 3.05. The Balaban J connectivity index is 1.95. The molecule has 4 atom stereocenters. The van der Waals surface area contributed by atoms with Crippen molar-refractivity contribution in [1.82, 2.24) is 0 Å². The second-order valence-electron chi connectivity index (χ2n) is 5.60. The normalized spacial score (nSPS) is 35.6. The van der Waals surface area contributed by atoms with Gasteiger partial charge in [0.2, 0.25) is 0 Å². The van der Waals surface area contributed by atoms with Gasteiger partial charge >= 0.3 is 11.9 Å². The Morgan fingerprint density at radius 1 is 1.21 bits per heavy atom. The molecule has 2 N–H and O–H groups in total. The van der Waals surface area contributed by atoms with Crippen molar-refractivity contribution in [2.45, 2.75) is 45.1 Å². The van der Waals surface area contributed by atoms with Crippen LogP contribution >= 0.6 is 0 Å². The lowest BCUT2D eigenvalue weighted by atomic mass is 9.91.